The molecule has 23 heavy (non-hydrogen) atoms. The zero-order valence-electron chi connectivity index (χ0n) is 13.9. The lowest BCUT2D eigenvalue weighted by Crippen LogP contribution is -2.47. The molecule has 5 nitrogen and oxygen atoms in total. The average Bonchev–Trinajstić information content (AvgIpc) is 3.05. The smallest absolute Gasteiger partial charge is 0.244 e. The van der Waals surface area contributed by atoms with Crippen LogP contribution in [0.1, 0.15) is 25.3 Å². The van der Waals surface area contributed by atoms with Crippen LogP contribution in [0.5, 0.6) is 0 Å². The number of aryl methyl sites for hydroxylation is 1. The van der Waals surface area contributed by atoms with Gasteiger partial charge in [-0.25, -0.2) is 0 Å². The Kier molecular flexibility index (Phi) is 6.14. The zero-order chi connectivity index (χ0) is 16.8. The van der Waals surface area contributed by atoms with Crippen molar-refractivity contribution in [1.29, 1.82) is 5.26 Å². The summed E-state index contributed by atoms with van der Waals surface area (Å²) in [6, 6.07) is 9.68. The van der Waals surface area contributed by atoms with Gasteiger partial charge in [-0.2, -0.15) is 5.26 Å². The Morgan fingerprint density at radius 1 is 1.48 bits per heavy atom. The first-order valence-corrected chi connectivity index (χ1v) is 8.16. The number of benzene rings is 1. The molecule has 0 aromatic heterocycles. The van der Waals surface area contributed by atoms with Crippen LogP contribution < -0.4 is 4.90 Å². The van der Waals surface area contributed by atoms with Crippen LogP contribution in [0.25, 0.3) is 0 Å². The van der Waals surface area contributed by atoms with Crippen molar-refractivity contribution >= 4 is 11.6 Å². The second kappa shape index (κ2) is 8.09. The highest BCUT2D eigenvalue weighted by Crippen LogP contribution is 2.22. The van der Waals surface area contributed by atoms with Crippen molar-refractivity contribution in [1.82, 2.24) is 4.90 Å². The van der Waals surface area contributed by atoms with Crippen molar-refractivity contribution in [3.63, 3.8) is 0 Å². The predicted octanol–water partition coefficient (Wildman–Crippen LogP) is 1.94. The van der Waals surface area contributed by atoms with Gasteiger partial charge in [0.25, 0.3) is 0 Å². The van der Waals surface area contributed by atoms with E-state index in [0.29, 0.717) is 13.0 Å². The maximum absolute atomic E-state index is 12.9. The van der Waals surface area contributed by atoms with E-state index in [1.807, 2.05) is 38.1 Å². The number of carbonyl (C=O) groups excluding carboxylic acids is 1. The standard InChI is InChI=1S/C18H25N3O2/c1-14-4-6-17(7-5-14)21(10-3-9-19)18(23)15(2)20-11-8-16(12-20)13-22/h4-7,15-16,22H,3,8,10-13H2,1-2H3. The Morgan fingerprint density at radius 3 is 2.74 bits per heavy atom. The number of amides is 1. The van der Waals surface area contributed by atoms with E-state index in [2.05, 4.69) is 11.0 Å². The second-order valence-electron chi connectivity index (χ2n) is 6.24. The molecule has 2 unspecified atom stereocenters. The SMILES string of the molecule is Cc1ccc(N(CCC#N)C(=O)C(C)N2CCC(CO)C2)cc1. The zero-order valence-corrected chi connectivity index (χ0v) is 13.9. The van der Waals surface area contributed by atoms with Crippen LogP contribution >= 0.6 is 0 Å². The fraction of sp³-hybridized carbons (Fsp3) is 0.556. The summed E-state index contributed by atoms with van der Waals surface area (Å²) < 4.78 is 0. The molecule has 1 heterocycles. The number of hydrogen-bond acceptors (Lipinski definition) is 4. The number of rotatable bonds is 6. The summed E-state index contributed by atoms with van der Waals surface area (Å²) in [7, 11) is 0. The first-order chi connectivity index (χ1) is 11.1. The van der Waals surface area contributed by atoms with Crippen molar-refractivity contribution in [2.24, 2.45) is 5.92 Å². The van der Waals surface area contributed by atoms with Gasteiger partial charge in [0.15, 0.2) is 0 Å². The molecule has 1 aliphatic heterocycles. The fourth-order valence-electron chi connectivity index (χ4n) is 3.00. The highest BCUT2D eigenvalue weighted by molar-refractivity contribution is 5.97. The van der Waals surface area contributed by atoms with Gasteiger partial charge in [-0.15, -0.1) is 0 Å². The molecular formula is C18H25N3O2. The van der Waals surface area contributed by atoms with Crippen molar-refractivity contribution in [2.75, 3.05) is 31.1 Å². The Labute approximate surface area is 138 Å². The number of aliphatic hydroxyl groups is 1. The quantitative estimate of drug-likeness (QED) is 0.871. The Morgan fingerprint density at radius 2 is 2.17 bits per heavy atom. The summed E-state index contributed by atoms with van der Waals surface area (Å²) in [5, 5.41) is 18.2. The number of likely N-dealkylation sites (tertiary alicyclic amines) is 1. The molecule has 1 fully saturated rings. The largest absolute Gasteiger partial charge is 0.396 e. The summed E-state index contributed by atoms with van der Waals surface area (Å²) in [5.41, 5.74) is 1.97. The summed E-state index contributed by atoms with van der Waals surface area (Å²) in [4.78, 5) is 16.8. The van der Waals surface area contributed by atoms with E-state index in [0.717, 1.165) is 30.8 Å². The van der Waals surface area contributed by atoms with Crippen molar-refractivity contribution < 1.29 is 9.90 Å². The van der Waals surface area contributed by atoms with Gasteiger partial charge in [-0.05, 0) is 44.9 Å². The minimum atomic E-state index is -0.244. The van der Waals surface area contributed by atoms with Crippen LogP contribution in [0.2, 0.25) is 0 Å². The normalized spacial score (nSPS) is 19.3. The Bertz CT molecular complexity index is 565. The number of nitriles is 1. The molecule has 0 radical (unpaired) electrons. The van der Waals surface area contributed by atoms with Gasteiger partial charge in [-0.3, -0.25) is 9.69 Å². The van der Waals surface area contributed by atoms with Crippen LogP contribution in [0, 0.1) is 24.2 Å². The third kappa shape index (κ3) is 4.31. The molecule has 1 aromatic carbocycles. The molecule has 1 N–H and O–H groups in total. The molecule has 0 aliphatic carbocycles. The van der Waals surface area contributed by atoms with Gasteiger partial charge in [0, 0.05) is 25.4 Å². The molecule has 0 bridgehead atoms. The highest BCUT2D eigenvalue weighted by Gasteiger charge is 2.31. The Hall–Kier alpha value is -1.90. The molecule has 0 spiro atoms. The fourth-order valence-corrected chi connectivity index (χ4v) is 3.00. The lowest BCUT2D eigenvalue weighted by atomic mass is 10.1. The van der Waals surface area contributed by atoms with E-state index in [9.17, 15) is 9.90 Å². The van der Waals surface area contributed by atoms with E-state index in [4.69, 9.17) is 5.26 Å². The highest BCUT2D eigenvalue weighted by atomic mass is 16.3. The monoisotopic (exact) mass is 315 g/mol. The number of aliphatic hydroxyl groups excluding tert-OH is 1. The van der Waals surface area contributed by atoms with E-state index in [1.165, 1.54) is 0 Å². The third-order valence-electron chi connectivity index (χ3n) is 4.54. The molecule has 124 valence electrons. The van der Waals surface area contributed by atoms with Crippen LogP contribution in [0.4, 0.5) is 5.69 Å². The molecule has 1 amide bonds. The van der Waals surface area contributed by atoms with Gasteiger partial charge in [-0.1, -0.05) is 17.7 Å². The number of nitrogens with zero attached hydrogens (tertiary/aromatic N) is 3. The van der Waals surface area contributed by atoms with Crippen LogP contribution in [-0.2, 0) is 4.79 Å². The topological polar surface area (TPSA) is 67.6 Å². The molecule has 1 aliphatic rings. The lowest BCUT2D eigenvalue weighted by molar-refractivity contribution is -0.123. The average molecular weight is 315 g/mol. The molecule has 2 atom stereocenters. The Balaban J connectivity index is 2.13. The maximum Gasteiger partial charge on any atom is 0.244 e. The second-order valence-corrected chi connectivity index (χ2v) is 6.24. The van der Waals surface area contributed by atoms with E-state index in [1.54, 1.807) is 4.90 Å². The number of anilines is 1. The summed E-state index contributed by atoms with van der Waals surface area (Å²) in [6.07, 6.45) is 1.24. The van der Waals surface area contributed by atoms with Gasteiger partial charge in [0.1, 0.15) is 0 Å². The van der Waals surface area contributed by atoms with Crippen molar-refractivity contribution in [2.45, 2.75) is 32.7 Å². The predicted molar refractivity (Wildman–Crippen MR) is 90.0 cm³/mol. The van der Waals surface area contributed by atoms with Crippen LogP contribution in [0.3, 0.4) is 0 Å². The number of hydrogen-bond donors (Lipinski definition) is 1. The summed E-state index contributed by atoms with van der Waals surface area (Å²) in [5.74, 6) is 0.278. The number of carbonyl (C=O) groups is 1. The maximum atomic E-state index is 12.9. The molecule has 0 saturated carbocycles. The van der Waals surface area contributed by atoms with E-state index >= 15 is 0 Å². The minimum Gasteiger partial charge on any atom is -0.396 e. The van der Waals surface area contributed by atoms with E-state index < -0.39 is 0 Å². The minimum absolute atomic E-state index is 0.0164. The van der Waals surface area contributed by atoms with Gasteiger partial charge in [0.2, 0.25) is 5.91 Å². The van der Waals surface area contributed by atoms with Crippen molar-refractivity contribution in [3.8, 4) is 6.07 Å². The summed E-state index contributed by atoms with van der Waals surface area (Å²) >= 11 is 0. The van der Waals surface area contributed by atoms with Crippen LogP contribution in [-0.4, -0.2) is 48.2 Å². The van der Waals surface area contributed by atoms with E-state index in [-0.39, 0.29) is 24.5 Å². The molecule has 1 saturated heterocycles. The van der Waals surface area contributed by atoms with Crippen LogP contribution in [0.15, 0.2) is 24.3 Å². The van der Waals surface area contributed by atoms with Gasteiger partial charge in [0.05, 0.1) is 18.5 Å². The summed E-state index contributed by atoms with van der Waals surface area (Å²) in [6.45, 7) is 6.08. The van der Waals surface area contributed by atoms with Crippen molar-refractivity contribution in [3.05, 3.63) is 29.8 Å². The first-order valence-electron chi connectivity index (χ1n) is 8.16. The molecular weight excluding hydrogens is 290 g/mol. The molecule has 5 heteroatoms. The van der Waals surface area contributed by atoms with Gasteiger partial charge >= 0.3 is 0 Å². The molecule has 2 rings (SSSR count). The third-order valence-corrected chi connectivity index (χ3v) is 4.54. The van der Waals surface area contributed by atoms with Gasteiger partial charge < -0.3 is 10.0 Å². The molecule has 1 aromatic rings. The first kappa shape index (κ1) is 17.5. The lowest BCUT2D eigenvalue weighted by Gasteiger charge is -2.30.